The molecule has 2 aromatic carbocycles. The number of hydrogen-bond donors (Lipinski definition) is 2. The topological polar surface area (TPSA) is 102 Å². The van der Waals surface area contributed by atoms with Crippen molar-refractivity contribution < 1.29 is 23.9 Å². The van der Waals surface area contributed by atoms with Crippen LogP contribution in [0.3, 0.4) is 0 Å². The summed E-state index contributed by atoms with van der Waals surface area (Å²) < 4.78 is 5.24. The summed E-state index contributed by atoms with van der Waals surface area (Å²) in [5.74, 6) is -2.58. The minimum absolute atomic E-state index is 0.0452. The number of rotatable bonds is 6. The average molecular weight is 455 g/mol. The van der Waals surface area contributed by atoms with Crippen LogP contribution in [0.25, 0.3) is 0 Å². The first-order valence-corrected chi connectivity index (χ1v) is 10.9. The van der Waals surface area contributed by atoms with Crippen molar-refractivity contribution in [2.45, 2.75) is 19.3 Å². The molecule has 0 spiro atoms. The smallest absolute Gasteiger partial charge is 0.310 e. The van der Waals surface area contributed by atoms with Crippen molar-refractivity contribution in [2.24, 2.45) is 23.7 Å². The Bertz CT molecular complexity index is 1040. The molecule has 0 heterocycles. The van der Waals surface area contributed by atoms with Crippen LogP contribution < -0.4 is 10.9 Å². The van der Waals surface area contributed by atoms with Gasteiger partial charge in [-0.2, -0.15) is 0 Å². The maximum Gasteiger partial charge on any atom is 0.310 e. The number of hydrogen-bond acceptors (Lipinski definition) is 5. The van der Waals surface area contributed by atoms with E-state index in [1.807, 2.05) is 6.07 Å². The molecule has 8 heteroatoms. The van der Waals surface area contributed by atoms with Crippen molar-refractivity contribution in [1.29, 1.82) is 0 Å². The van der Waals surface area contributed by atoms with E-state index < -0.39 is 36.2 Å². The van der Waals surface area contributed by atoms with E-state index in [1.165, 1.54) is 6.07 Å². The number of ketones is 1. The van der Waals surface area contributed by atoms with E-state index in [2.05, 4.69) is 10.9 Å². The van der Waals surface area contributed by atoms with E-state index in [4.69, 9.17) is 16.3 Å². The molecule has 2 aromatic rings. The summed E-state index contributed by atoms with van der Waals surface area (Å²) in [6.45, 7) is -0.554. The lowest BCUT2D eigenvalue weighted by Crippen LogP contribution is -2.44. The molecular formula is C24H23ClN2O5. The molecule has 0 saturated heterocycles. The number of hydrazine groups is 1. The van der Waals surface area contributed by atoms with Crippen molar-refractivity contribution in [3.05, 3.63) is 70.7 Å². The Morgan fingerprint density at radius 2 is 1.53 bits per heavy atom. The number of amides is 2. The van der Waals surface area contributed by atoms with E-state index in [0.29, 0.717) is 5.56 Å². The van der Waals surface area contributed by atoms with Crippen molar-refractivity contribution in [2.75, 3.05) is 6.61 Å². The first-order chi connectivity index (χ1) is 15.5. The zero-order valence-corrected chi connectivity index (χ0v) is 18.0. The highest BCUT2D eigenvalue weighted by atomic mass is 35.5. The highest BCUT2D eigenvalue weighted by Gasteiger charge is 2.54. The second-order valence-corrected chi connectivity index (χ2v) is 8.61. The second-order valence-electron chi connectivity index (χ2n) is 8.20. The maximum absolute atomic E-state index is 13.1. The predicted molar refractivity (Wildman–Crippen MR) is 117 cm³/mol. The Hall–Kier alpha value is -3.19. The fourth-order valence-corrected chi connectivity index (χ4v) is 5.13. The summed E-state index contributed by atoms with van der Waals surface area (Å²) in [5.41, 5.74) is 5.24. The Labute approximate surface area is 190 Å². The van der Waals surface area contributed by atoms with Gasteiger partial charge in [-0.15, -0.1) is 0 Å². The Kier molecular flexibility index (Phi) is 6.55. The van der Waals surface area contributed by atoms with E-state index >= 15 is 0 Å². The molecule has 0 aromatic heterocycles. The van der Waals surface area contributed by atoms with Gasteiger partial charge < -0.3 is 4.74 Å². The third-order valence-corrected chi connectivity index (χ3v) is 6.66. The second kappa shape index (κ2) is 9.53. The molecule has 32 heavy (non-hydrogen) atoms. The molecule has 0 aliphatic heterocycles. The SMILES string of the molecule is O=C(COC(=O)[C@H]1[C@H]2CC[C@@H](C2)[C@@H]1C(=O)c1ccccc1)NNC(=O)c1ccccc1Cl. The maximum atomic E-state index is 13.1. The van der Waals surface area contributed by atoms with Gasteiger partial charge in [-0.1, -0.05) is 54.1 Å². The number of Topliss-reactive ketones (excluding diaryl/α,β-unsaturated/α-hetero) is 1. The van der Waals surface area contributed by atoms with Crippen molar-refractivity contribution in [3.8, 4) is 0 Å². The first-order valence-electron chi connectivity index (χ1n) is 10.6. The van der Waals surface area contributed by atoms with E-state index in [1.54, 1.807) is 42.5 Å². The van der Waals surface area contributed by atoms with Crippen LogP contribution in [0, 0.1) is 23.7 Å². The monoisotopic (exact) mass is 454 g/mol. The van der Waals surface area contributed by atoms with Crippen LogP contribution in [0.5, 0.6) is 0 Å². The fourth-order valence-electron chi connectivity index (χ4n) is 4.91. The molecule has 2 amide bonds. The van der Waals surface area contributed by atoms with Crippen molar-refractivity contribution in [1.82, 2.24) is 10.9 Å². The summed E-state index contributed by atoms with van der Waals surface area (Å²) >= 11 is 5.95. The molecule has 0 radical (unpaired) electrons. The lowest BCUT2D eigenvalue weighted by Gasteiger charge is -2.28. The highest BCUT2D eigenvalue weighted by Crippen LogP contribution is 2.53. The number of carbonyl (C=O) groups is 4. The highest BCUT2D eigenvalue weighted by molar-refractivity contribution is 6.33. The summed E-state index contributed by atoms with van der Waals surface area (Å²) in [5, 5.41) is 0.246. The molecule has 0 unspecified atom stereocenters. The predicted octanol–water partition coefficient (Wildman–Crippen LogP) is 3.19. The van der Waals surface area contributed by atoms with E-state index in [9.17, 15) is 19.2 Å². The van der Waals surface area contributed by atoms with Gasteiger partial charge in [0, 0.05) is 11.5 Å². The Morgan fingerprint density at radius 3 is 2.25 bits per heavy atom. The number of nitrogens with one attached hydrogen (secondary N) is 2. The van der Waals surface area contributed by atoms with E-state index in [-0.39, 0.29) is 28.2 Å². The Balaban J connectivity index is 1.33. The average Bonchev–Trinajstić information content (AvgIpc) is 3.43. The van der Waals surface area contributed by atoms with Gasteiger partial charge in [0.1, 0.15) is 0 Å². The molecular weight excluding hydrogens is 432 g/mol. The van der Waals surface area contributed by atoms with E-state index in [0.717, 1.165) is 19.3 Å². The molecule has 7 nitrogen and oxygen atoms in total. The standard InChI is InChI=1S/C24H23ClN2O5/c25-18-9-5-4-8-17(18)23(30)27-26-19(28)13-32-24(31)21-16-11-10-15(12-16)20(21)22(29)14-6-2-1-3-7-14/h1-9,15-16,20-21H,10-13H2,(H,26,28)(H,27,30)/t15-,16-,20-,21-/m0/s1. The largest absolute Gasteiger partial charge is 0.455 e. The number of fused-ring (bicyclic) bond motifs is 2. The molecule has 2 bridgehead atoms. The molecule has 2 saturated carbocycles. The number of esters is 1. The molecule has 2 fully saturated rings. The minimum Gasteiger partial charge on any atom is -0.455 e. The van der Waals surface area contributed by atoms with Crippen LogP contribution in [-0.2, 0) is 14.3 Å². The van der Waals surface area contributed by atoms with Crippen LogP contribution in [0.15, 0.2) is 54.6 Å². The third-order valence-electron chi connectivity index (χ3n) is 6.33. The van der Waals surface area contributed by atoms with Gasteiger partial charge in [0.15, 0.2) is 12.4 Å². The zero-order chi connectivity index (χ0) is 22.7. The molecule has 2 aliphatic rings. The van der Waals surface area contributed by atoms with Gasteiger partial charge in [-0.25, -0.2) is 0 Å². The quantitative estimate of drug-likeness (QED) is 0.396. The Morgan fingerprint density at radius 1 is 0.875 bits per heavy atom. The summed E-state index contributed by atoms with van der Waals surface area (Å²) in [7, 11) is 0. The first kappa shape index (κ1) is 22.0. The zero-order valence-electron chi connectivity index (χ0n) is 17.3. The number of halogens is 1. The van der Waals surface area contributed by atoms with Crippen LogP contribution in [0.4, 0.5) is 0 Å². The summed E-state index contributed by atoms with van der Waals surface area (Å²) in [6, 6.07) is 15.4. The number of carbonyl (C=O) groups excluding carboxylic acids is 4. The van der Waals surface area contributed by atoms with Crippen molar-refractivity contribution >= 4 is 35.2 Å². The summed E-state index contributed by atoms with van der Waals surface area (Å²) in [6.07, 6.45) is 2.62. The minimum atomic E-state index is -0.687. The van der Waals surface area contributed by atoms with Gasteiger partial charge in [-0.05, 0) is 43.2 Å². The lowest BCUT2D eigenvalue weighted by atomic mass is 9.75. The molecule has 2 aliphatic carbocycles. The van der Waals surface area contributed by atoms with Crippen molar-refractivity contribution in [3.63, 3.8) is 0 Å². The third kappa shape index (κ3) is 4.53. The van der Waals surface area contributed by atoms with Crippen LogP contribution in [0.1, 0.15) is 40.0 Å². The van der Waals surface area contributed by atoms with Crippen LogP contribution in [-0.4, -0.2) is 30.2 Å². The molecule has 2 N–H and O–H groups in total. The fraction of sp³-hybridized carbons (Fsp3) is 0.333. The van der Waals surface area contributed by atoms with Crippen LogP contribution in [0.2, 0.25) is 5.02 Å². The van der Waals surface area contributed by atoms with Gasteiger partial charge in [-0.3, -0.25) is 30.0 Å². The molecule has 4 atom stereocenters. The molecule has 4 rings (SSSR count). The summed E-state index contributed by atoms with van der Waals surface area (Å²) in [4.78, 5) is 50.1. The van der Waals surface area contributed by atoms with Gasteiger partial charge in [0.05, 0.1) is 16.5 Å². The van der Waals surface area contributed by atoms with Gasteiger partial charge in [0.2, 0.25) is 0 Å². The van der Waals surface area contributed by atoms with Gasteiger partial charge >= 0.3 is 5.97 Å². The lowest BCUT2D eigenvalue weighted by molar-refractivity contribution is -0.155. The van der Waals surface area contributed by atoms with Gasteiger partial charge in [0.25, 0.3) is 11.8 Å². The number of benzene rings is 2. The van der Waals surface area contributed by atoms with Crippen LogP contribution >= 0.6 is 11.6 Å². The number of ether oxygens (including phenoxy) is 1. The molecule has 166 valence electrons. The normalized spacial score (nSPS) is 23.4.